The summed E-state index contributed by atoms with van der Waals surface area (Å²) in [6, 6.07) is 2.14. The summed E-state index contributed by atoms with van der Waals surface area (Å²) in [7, 11) is 0. The minimum absolute atomic E-state index is 0.00306. The number of Topliss-reactive ketones (excluding diaryl/α,β-unsaturated/α-hetero) is 1. The first kappa shape index (κ1) is 23.6. The van der Waals surface area contributed by atoms with Gasteiger partial charge in [0.05, 0.1) is 11.9 Å². The molecule has 1 fully saturated rings. The number of carbonyl (C=O) groups is 1. The normalized spacial score (nSPS) is 17.1. The highest BCUT2D eigenvalue weighted by molar-refractivity contribution is 9.11. The molecule has 29 heavy (non-hydrogen) atoms. The van der Waals surface area contributed by atoms with Gasteiger partial charge in [0.1, 0.15) is 0 Å². The molecule has 1 aliphatic rings. The fourth-order valence-electron chi connectivity index (χ4n) is 3.60. The van der Waals surface area contributed by atoms with E-state index in [-0.39, 0.29) is 11.7 Å². The lowest BCUT2D eigenvalue weighted by atomic mass is 9.94. The maximum atomic E-state index is 12.8. The second-order valence-corrected chi connectivity index (χ2v) is 8.97. The van der Waals surface area contributed by atoms with E-state index in [2.05, 4.69) is 43.8 Å². The number of anilines is 1. The molecule has 0 radical (unpaired) electrons. The fraction of sp³-hybridized carbons (Fsp3) is 0.500. The highest BCUT2D eigenvalue weighted by Gasteiger charge is 2.18. The molecule has 1 aromatic rings. The molecule has 2 heterocycles. The summed E-state index contributed by atoms with van der Waals surface area (Å²) in [6.07, 6.45) is 10.1. The molecule has 1 N–H and O–H groups in total. The van der Waals surface area contributed by atoms with Crippen LogP contribution in [0.1, 0.15) is 52.5 Å². The molecule has 0 amide bonds. The number of nitrogens with one attached hydrogen (secondary N) is 1. The van der Waals surface area contributed by atoms with Crippen molar-refractivity contribution in [3.8, 4) is 0 Å². The van der Waals surface area contributed by atoms with Crippen LogP contribution in [0.3, 0.4) is 0 Å². The Bertz CT molecular complexity index is 791. The van der Waals surface area contributed by atoms with Crippen LogP contribution in [0, 0.1) is 5.92 Å². The number of hydrogen-bond acceptors (Lipinski definition) is 4. The van der Waals surface area contributed by atoms with E-state index in [0.29, 0.717) is 0 Å². The Morgan fingerprint density at radius 1 is 1.34 bits per heavy atom. The minimum Gasteiger partial charge on any atom is -0.354 e. The maximum Gasteiger partial charge on any atom is 0.163 e. The molecule has 1 aromatic heterocycles. The average molecular weight is 460 g/mol. The molecule has 0 aromatic carbocycles. The number of nitrogens with zero attached hydrogens (tertiary/aromatic N) is 2. The summed E-state index contributed by atoms with van der Waals surface area (Å²) in [6.45, 7) is 15.3. The number of hydrogen-bond donors (Lipinski definition) is 1. The molecule has 5 heteroatoms. The first-order chi connectivity index (χ1) is 13.8. The number of rotatable bonds is 10. The quantitative estimate of drug-likeness (QED) is 0.350. The molecule has 4 nitrogen and oxygen atoms in total. The summed E-state index contributed by atoms with van der Waals surface area (Å²) in [5.74, 6) is 0.165. The van der Waals surface area contributed by atoms with Gasteiger partial charge in [0, 0.05) is 34.4 Å². The van der Waals surface area contributed by atoms with Crippen molar-refractivity contribution in [3.05, 3.63) is 58.0 Å². The zero-order valence-electron chi connectivity index (χ0n) is 18.2. The summed E-state index contributed by atoms with van der Waals surface area (Å²) >= 11 is 3.40. The van der Waals surface area contributed by atoms with Crippen LogP contribution in [-0.2, 0) is 11.2 Å². The van der Waals surface area contributed by atoms with Crippen LogP contribution in [0.5, 0.6) is 0 Å². The molecule has 1 unspecified atom stereocenters. The van der Waals surface area contributed by atoms with Crippen molar-refractivity contribution in [1.29, 1.82) is 0 Å². The standard InChI is InChI=1S/C24H34BrN3O/c1-6-17(2)24(29)20(5)23(18(3)13-19(4)25)27-22-14-21(15-26-16-22)9-12-28-10-7-8-11-28/h13-17,27H,4,6-12H2,1-3,5H3/b18-13+,23-20-. The third kappa shape index (κ3) is 7.23. The van der Waals surface area contributed by atoms with Crippen molar-refractivity contribution in [1.82, 2.24) is 9.88 Å². The SMILES string of the molecule is C=C(Br)/C=C(C)/C(Nc1cncc(CCN2CCCC2)c1)=C(\C)C(=O)C(C)CC. The number of allylic oxidation sites excluding steroid dienone is 4. The van der Waals surface area contributed by atoms with Gasteiger partial charge in [0.25, 0.3) is 0 Å². The predicted molar refractivity (Wildman–Crippen MR) is 126 cm³/mol. The number of carbonyl (C=O) groups excluding carboxylic acids is 1. The topological polar surface area (TPSA) is 45.2 Å². The predicted octanol–water partition coefficient (Wildman–Crippen LogP) is 5.88. The molecular weight excluding hydrogens is 426 g/mol. The summed E-state index contributed by atoms with van der Waals surface area (Å²) < 4.78 is 0.774. The van der Waals surface area contributed by atoms with Crippen LogP contribution in [0.2, 0.25) is 0 Å². The lowest BCUT2D eigenvalue weighted by Gasteiger charge is -2.18. The first-order valence-electron chi connectivity index (χ1n) is 10.5. The summed E-state index contributed by atoms with van der Waals surface area (Å²) in [5.41, 5.74) is 4.64. The van der Waals surface area contributed by atoms with Crippen molar-refractivity contribution in [2.24, 2.45) is 5.92 Å². The van der Waals surface area contributed by atoms with Gasteiger partial charge >= 0.3 is 0 Å². The molecule has 1 saturated heterocycles. The van der Waals surface area contributed by atoms with Gasteiger partial charge in [-0.2, -0.15) is 0 Å². The second-order valence-electron chi connectivity index (χ2n) is 7.95. The van der Waals surface area contributed by atoms with Gasteiger partial charge < -0.3 is 10.2 Å². The molecule has 0 aliphatic carbocycles. The second kappa shape index (κ2) is 11.5. The van der Waals surface area contributed by atoms with E-state index in [0.717, 1.165) is 46.4 Å². The highest BCUT2D eigenvalue weighted by Crippen LogP contribution is 2.24. The molecular formula is C24H34BrN3O. The van der Waals surface area contributed by atoms with Crippen molar-refractivity contribution in [3.63, 3.8) is 0 Å². The fourth-order valence-corrected chi connectivity index (χ4v) is 3.95. The number of likely N-dealkylation sites (tertiary alicyclic amines) is 1. The monoisotopic (exact) mass is 459 g/mol. The minimum atomic E-state index is -0.00306. The lowest BCUT2D eigenvalue weighted by Crippen LogP contribution is -2.22. The Balaban J connectivity index is 2.25. The summed E-state index contributed by atoms with van der Waals surface area (Å²) in [4.78, 5) is 19.8. The van der Waals surface area contributed by atoms with Gasteiger partial charge in [0.15, 0.2) is 5.78 Å². The van der Waals surface area contributed by atoms with Crippen LogP contribution in [0.4, 0.5) is 5.69 Å². The average Bonchev–Trinajstić information content (AvgIpc) is 3.22. The third-order valence-electron chi connectivity index (χ3n) is 5.55. The number of pyridine rings is 1. The van der Waals surface area contributed by atoms with Gasteiger partial charge in [-0.1, -0.05) is 36.4 Å². The number of ketones is 1. The van der Waals surface area contributed by atoms with Crippen molar-refractivity contribution >= 4 is 27.4 Å². The van der Waals surface area contributed by atoms with Crippen LogP contribution in [0.15, 0.2) is 52.4 Å². The van der Waals surface area contributed by atoms with Crippen molar-refractivity contribution in [2.45, 2.75) is 53.4 Å². The van der Waals surface area contributed by atoms with Gasteiger partial charge in [0.2, 0.25) is 0 Å². The molecule has 1 atom stereocenters. The van der Waals surface area contributed by atoms with Crippen LogP contribution in [0.25, 0.3) is 0 Å². The van der Waals surface area contributed by atoms with Crippen LogP contribution < -0.4 is 5.32 Å². The van der Waals surface area contributed by atoms with E-state index in [9.17, 15) is 4.79 Å². The third-order valence-corrected chi connectivity index (χ3v) is 5.78. The van der Waals surface area contributed by atoms with E-state index in [4.69, 9.17) is 0 Å². The smallest absolute Gasteiger partial charge is 0.163 e. The molecule has 0 saturated carbocycles. The van der Waals surface area contributed by atoms with Gasteiger partial charge in [-0.3, -0.25) is 9.78 Å². The zero-order valence-corrected chi connectivity index (χ0v) is 19.8. The molecule has 2 rings (SSSR count). The van der Waals surface area contributed by atoms with E-state index < -0.39 is 0 Å². The maximum absolute atomic E-state index is 12.8. The molecule has 158 valence electrons. The Kier molecular flexibility index (Phi) is 9.31. The molecule has 1 aliphatic heterocycles. The van der Waals surface area contributed by atoms with E-state index in [1.165, 1.54) is 31.5 Å². The Morgan fingerprint density at radius 2 is 2.03 bits per heavy atom. The number of halogens is 1. The summed E-state index contributed by atoms with van der Waals surface area (Å²) in [5, 5.41) is 3.46. The highest BCUT2D eigenvalue weighted by atomic mass is 79.9. The Hall–Kier alpha value is -1.72. The van der Waals surface area contributed by atoms with Gasteiger partial charge in [-0.05, 0) is 75.9 Å². The number of aromatic nitrogens is 1. The van der Waals surface area contributed by atoms with Gasteiger partial charge in [-0.15, -0.1) is 0 Å². The van der Waals surface area contributed by atoms with Gasteiger partial charge in [-0.25, -0.2) is 0 Å². The first-order valence-corrected chi connectivity index (χ1v) is 11.3. The zero-order chi connectivity index (χ0) is 21.4. The van der Waals surface area contributed by atoms with E-state index >= 15 is 0 Å². The molecule has 0 spiro atoms. The molecule has 0 bridgehead atoms. The van der Waals surface area contributed by atoms with Crippen molar-refractivity contribution in [2.75, 3.05) is 25.0 Å². The lowest BCUT2D eigenvalue weighted by molar-refractivity contribution is -0.118. The van der Waals surface area contributed by atoms with E-state index in [1.807, 2.05) is 46.2 Å². The van der Waals surface area contributed by atoms with Crippen LogP contribution in [-0.4, -0.2) is 35.3 Å². The van der Waals surface area contributed by atoms with E-state index in [1.54, 1.807) is 0 Å². The Morgan fingerprint density at radius 3 is 2.66 bits per heavy atom. The largest absolute Gasteiger partial charge is 0.354 e. The van der Waals surface area contributed by atoms with Crippen LogP contribution >= 0.6 is 15.9 Å². The Labute approximate surface area is 184 Å². The van der Waals surface area contributed by atoms with Crippen molar-refractivity contribution < 1.29 is 4.79 Å².